The van der Waals surface area contributed by atoms with Crippen molar-refractivity contribution in [2.75, 3.05) is 0 Å². The molecule has 0 radical (unpaired) electrons. The monoisotopic (exact) mass is 300 g/mol. The Morgan fingerprint density at radius 3 is 0.500 bits per heavy atom. The maximum absolute atomic E-state index is 6.50. The Labute approximate surface area is 174 Å². The van der Waals surface area contributed by atoms with Crippen molar-refractivity contribution < 1.29 is 106 Å². The van der Waals surface area contributed by atoms with Crippen molar-refractivity contribution >= 4 is 0 Å². The Morgan fingerprint density at radius 1 is 0.500 bits per heavy atom. The molecule has 0 aliphatic heterocycles. The summed E-state index contributed by atoms with van der Waals surface area (Å²) in [6.45, 7) is 21.0. The summed E-state index contributed by atoms with van der Waals surface area (Å²) in [7, 11) is 0. The molecule has 0 aromatic carbocycles. The van der Waals surface area contributed by atoms with E-state index in [1.807, 2.05) is 0 Å². The first-order valence-corrected chi connectivity index (χ1v) is 1.55. The van der Waals surface area contributed by atoms with Gasteiger partial charge in [0.2, 0.25) is 0 Å². The van der Waals surface area contributed by atoms with Crippen LogP contribution in [0, 0.1) is 71.0 Å². The van der Waals surface area contributed by atoms with Crippen LogP contribution in [0.4, 0.5) is 0 Å². The van der Waals surface area contributed by atoms with Crippen LogP contribution in [0.1, 0.15) is 2.85 Å². The molecule has 0 heterocycles. The quantitative estimate of drug-likeness (QED) is 0.402. The van der Waals surface area contributed by atoms with Crippen molar-refractivity contribution in [1.82, 2.24) is 0 Å². The summed E-state index contributed by atoms with van der Waals surface area (Å²) in [6.07, 6.45) is 0. The third kappa shape index (κ3) is 768000. The van der Waals surface area contributed by atoms with Crippen molar-refractivity contribution in [3.63, 3.8) is 0 Å². The van der Waals surface area contributed by atoms with Gasteiger partial charge in [-0.25, -0.2) is 31.6 Å². The summed E-state index contributed by atoms with van der Waals surface area (Å²) in [6, 6.07) is 0. The van der Waals surface area contributed by atoms with Gasteiger partial charge in [-0.3, -0.25) is 0 Å². The molecule has 0 amide bonds. The molecule has 0 aliphatic carbocycles. The van der Waals surface area contributed by atoms with E-state index in [9.17, 15) is 0 Å². The van der Waals surface area contributed by atoms with Gasteiger partial charge in [0, 0.05) is 56.5 Å². The second-order valence-electron chi connectivity index (χ2n) is 0. The summed E-state index contributed by atoms with van der Waals surface area (Å²) in [4.78, 5) is 0. The average molecular weight is 300 g/mol. The number of rotatable bonds is 0. The van der Waals surface area contributed by atoms with Crippen molar-refractivity contribution in [1.29, 1.82) is 31.6 Å². The second kappa shape index (κ2) is 954000. The zero-order valence-electron chi connectivity index (χ0n) is 11.0. The number of nitriles is 6. The fraction of sp³-hybridized carbons (Fsp3) is 0. The summed E-state index contributed by atoms with van der Waals surface area (Å²) < 4.78 is 0. The second-order valence-corrected chi connectivity index (χ2v) is 0. The summed E-state index contributed by atoms with van der Waals surface area (Å²) in [5.74, 6) is 0. The van der Waals surface area contributed by atoms with Crippen LogP contribution in [0.2, 0.25) is 0 Å². The van der Waals surface area contributed by atoms with Gasteiger partial charge in [-0.05, 0) is 0 Å². The van der Waals surface area contributed by atoms with Crippen LogP contribution in [0.3, 0.4) is 0 Å². The Balaban J connectivity index is -0.00000000225. The molecule has 10 heteroatoms. The normalized spacial score (nSPS) is 0.750. The molecule has 0 bridgehead atoms. The molecule has 0 aromatic heterocycles. The largest absolute Gasteiger partial charge is 1.00 e. The minimum Gasteiger partial charge on any atom is -1.00 e. The van der Waals surface area contributed by atoms with Crippen LogP contribution in [-0.4, -0.2) is 5.48 Å². The van der Waals surface area contributed by atoms with Crippen LogP contribution in [0.25, 0.3) is 0 Å². The molecule has 0 spiro atoms. The van der Waals surface area contributed by atoms with Gasteiger partial charge < -0.3 is 8.33 Å². The molecule has 0 aromatic rings. The van der Waals surface area contributed by atoms with Crippen molar-refractivity contribution in [3.8, 4) is 39.4 Å². The summed E-state index contributed by atoms with van der Waals surface area (Å²) >= 11 is 0. The first kappa shape index (κ1) is 99.2. The molecule has 2 N–H and O–H groups in total. The summed E-state index contributed by atoms with van der Waals surface area (Å²) in [5.41, 5.74) is 0. The minimum absolute atomic E-state index is 0. The molecular weight excluding hydrogens is 290 g/mol. The standard InChI is InChI=1S/6CHN.Fe.K.Na.H2O.2H/c6*1-2;;;;;;/h6*1H;;;;1H2;;/q;;;;;;;2*+1;;2*-1. The van der Waals surface area contributed by atoms with Crippen LogP contribution >= 0.6 is 0 Å². The molecule has 0 fully saturated rings. The van der Waals surface area contributed by atoms with E-state index in [1.54, 1.807) is 0 Å². The van der Waals surface area contributed by atoms with E-state index in [0.717, 1.165) is 0 Å². The third-order valence-corrected chi connectivity index (χ3v) is 0. The van der Waals surface area contributed by atoms with Crippen LogP contribution in [0.15, 0.2) is 0 Å². The molecule has 0 rings (SSSR count). The van der Waals surface area contributed by atoms with Gasteiger partial charge in [0.25, 0.3) is 0 Å². The Hall–Kier alpha value is 0.0558. The van der Waals surface area contributed by atoms with Gasteiger partial charge in [-0.2, -0.15) is 0 Å². The van der Waals surface area contributed by atoms with E-state index in [-0.39, 0.29) is 106 Å². The SMILES string of the molecule is C#N.C#N.C#N.C#N.C#N.C#N.O.[Fe].[H-].[H-].[K+].[Na+]. The van der Waals surface area contributed by atoms with Crippen molar-refractivity contribution in [2.45, 2.75) is 0 Å². The zero-order valence-corrected chi connectivity index (χ0v) is 15.2. The molecule has 0 aliphatic rings. The fourth-order valence-corrected chi connectivity index (χ4v) is 0. The van der Waals surface area contributed by atoms with E-state index in [2.05, 4.69) is 39.4 Å². The molecule has 16 heavy (non-hydrogen) atoms. The average Bonchev–Trinajstić information content (AvgIpc) is 2.33. The maximum Gasteiger partial charge on any atom is 1.00 e. The molecule has 7 nitrogen and oxygen atoms in total. The minimum atomic E-state index is 0. The molecule has 0 saturated carbocycles. The molecule has 0 unspecified atom stereocenters. The van der Waals surface area contributed by atoms with Gasteiger partial charge in [0.1, 0.15) is 0 Å². The van der Waals surface area contributed by atoms with Crippen molar-refractivity contribution in [2.24, 2.45) is 0 Å². The van der Waals surface area contributed by atoms with Gasteiger partial charge in [-0.15, -0.1) is 0 Å². The smallest absolute Gasteiger partial charge is 1.00 e. The van der Waals surface area contributed by atoms with E-state index in [4.69, 9.17) is 31.6 Å². The van der Waals surface area contributed by atoms with Crippen LogP contribution < -0.4 is 80.9 Å². The maximum atomic E-state index is 6.50. The van der Waals surface area contributed by atoms with E-state index >= 15 is 0 Å². The van der Waals surface area contributed by atoms with Crippen LogP contribution in [-0.2, 0) is 17.1 Å². The summed E-state index contributed by atoms with van der Waals surface area (Å²) in [5, 5.41) is 39.0. The Bertz CT molecular complexity index is 117. The first-order valence-electron chi connectivity index (χ1n) is 1.55. The van der Waals surface area contributed by atoms with Gasteiger partial charge in [0.05, 0.1) is 0 Å². The van der Waals surface area contributed by atoms with E-state index < -0.39 is 0 Å². The predicted octanol–water partition coefficient (Wildman–Crippen LogP) is -5.76. The molecule has 80 valence electrons. The predicted molar refractivity (Wildman–Crippen MR) is 45.9 cm³/mol. The third-order valence-electron chi connectivity index (χ3n) is 0. The zero-order chi connectivity index (χ0) is 12.0. The van der Waals surface area contributed by atoms with E-state index in [1.165, 1.54) is 0 Å². The molecule has 0 atom stereocenters. The van der Waals surface area contributed by atoms with Crippen LogP contribution in [0.5, 0.6) is 0 Å². The molecular formula is C6H10FeKN6NaO. The number of hydrogen-bond donors (Lipinski definition) is 0. The molecule has 0 saturated heterocycles. The van der Waals surface area contributed by atoms with Gasteiger partial charge >= 0.3 is 80.9 Å². The first-order chi connectivity index (χ1) is 6.00. The number of hydrogen-bond acceptors (Lipinski definition) is 6. The number of nitrogens with zero attached hydrogens (tertiary/aromatic N) is 6. The van der Waals surface area contributed by atoms with Gasteiger partial charge in [0.15, 0.2) is 0 Å². The van der Waals surface area contributed by atoms with E-state index in [0.29, 0.717) is 0 Å². The Kier molecular flexibility index (Phi) is 5920000. The van der Waals surface area contributed by atoms with Crippen molar-refractivity contribution in [3.05, 3.63) is 0 Å². The topological polar surface area (TPSA) is 174 Å². The fourth-order valence-electron chi connectivity index (χ4n) is 0. The van der Waals surface area contributed by atoms with Gasteiger partial charge in [-0.1, -0.05) is 0 Å². The Morgan fingerprint density at radius 2 is 0.500 bits per heavy atom.